The molecule has 0 aromatic carbocycles. The highest BCUT2D eigenvalue weighted by atomic mass is 79.9. The van der Waals surface area contributed by atoms with Crippen LogP contribution in [0.3, 0.4) is 0 Å². The molecule has 0 aliphatic heterocycles. The van der Waals surface area contributed by atoms with E-state index in [0.29, 0.717) is 11.6 Å². The Bertz CT molecular complexity index is 462. The third-order valence-electron chi connectivity index (χ3n) is 1.66. The van der Waals surface area contributed by atoms with E-state index >= 15 is 0 Å². The molecule has 6 heteroatoms. The number of aromatic nitrogens is 3. The largest absolute Gasteiger partial charge is 0.351 e. The number of rotatable bonds is 2. The van der Waals surface area contributed by atoms with Gasteiger partial charge in [-0.1, -0.05) is 0 Å². The van der Waals surface area contributed by atoms with Crippen molar-refractivity contribution in [2.45, 2.75) is 0 Å². The van der Waals surface area contributed by atoms with E-state index in [9.17, 15) is 0 Å². The maximum absolute atomic E-state index is 4.24. The third-order valence-corrected chi connectivity index (χ3v) is 2.30. The number of anilines is 1. The Balaban J connectivity index is 2.50. The van der Waals surface area contributed by atoms with Crippen molar-refractivity contribution in [2.75, 3.05) is 11.6 Å². The number of pyridine rings is 1. The van der Waals surface area contributed by atoms with E-state index < -0.39 is 0 Å². The topological polar surface area (TPSA) is 50.7 Å². The minimum Gasteiger partial charge on any atom is -0.351 e. The molecule has 0 saturated carbocycles. The van der Waals surface area contributed by atoms with Crippen LogP contribution in [0.25, 0.3) is 11.0 Å². The van der Waals surface area contributed by atoms with Crippen molar-refractivity contribution in [3.8, 4) is 0 Å². The second-order valence-electron chi connectivity index (χ2n) is 2.64. The molecule has 2 rings (SSSR count). The molecule has 1 N–H and O–H groups in total. The lowest BCUT2D eigenvalue weighted by Gasteiger charge is -2.01. The number of fused-ring (bicyclic) bond motifs is 1. The normalized spacial score (nSPS) is 10.4. The molecular formula is C8H8BrN4P. The van der Waals surface area contributed by atoms with E-state index in [-0.39, 0.29) is 0 Å². The van der Waals surface area contributed by atoms with Crippen molar-refractivity contribution in [2.24, 2.45) is 0 Å². The summed E-state index contributed by atoms with van der Waals surface area (Å²) in [7, 11) is 2.55. The first-order valence-corrected chi connectivity index (χ1v) is 5.63. The van der Waals surface area contributed by atoms with Crippen molar-refractivity contribution in [1.82, 2.24) is 15.0 Å². The zero-order valence-corrected chi connectivity index (χ0v) is 9.98. The molecule has 0 radical (unpaired) electrons. The van der Waals surface area contributed by atoms with Gasteiger partial charge in [0, 0.05) is 28.5 Å². The average Bonchev–Trinajstić information content (AvgIpc) is 2.19. The summed E-state index contributed by atoms with van der Waals surface area (Å²) in [6.07, 6.45) is 4.20. The molecule has 4 nitrogen and oxygen atoms in total. The number of halogens is 1. The van der Waals surface area contributed by atoms with Gasteiger partial charge < -0.3 is 5.32 Å². The minimum atomic E-state index is 0.599. The molecule has 0 aliphatic carbocycles. The van der Waals surface area contributed by atoms with Crippen molar-refractivity contribution >= 4 is 42.2 Å². The zero-order chi connectivity index (χ0) is 9.97. The van der Waals surface area contributed by atoms with Gasteiger partial charge in [0.1, 0.15) is 0 Å². The Morgan fingerprint density at radius 2 is 2.21 bits per heavy atom. The lowest BCUT2D eigenvalue weighted by molar-refractivity contribution is 1.15. The second kappa shape index (κ2) is 4.15. The van der Waals surface area contributed by atoms with Crippen molar-refractivity contribution in [3.05, 3.63) is 22.9 Å². The Morgan fingerprint density at radius 1 is 1.36 bits per heavy atom. The average molecular weight is 271 g/mol. The summed E-state index contributed by atoms with van der Waals surface area (Å²) in [4.78, 5) is 12.6. The van der Waals surface area contributed by atoms with Gasteiger partial charge in [-0.15, -0.1) is 9.24 Å². The van der Waals surface area contributed by atoms with Gasteiger partial charge in [-0.3, -0.25) is 0 Å². The van der Waals surface area contributed by atoms with E-state index in [1.165, 1.54) is 0 Å². The Labute approximate surface area is 91.9 Å². The van der Waals surface area contributed by atoms with Crippen LogP contribution in [0, 0.1) is 0 Å². The Hall–Kier alpha value is -0.800. The fourth-order valence-corrected chi connectivity index (χ4v) is 1.60. The summed E-state index contributed by atoms with van der Waals surface area (Å²) in [5.74, 6) is 0.599. The molecule has 0 aliphatic rings. The summed E-state index contributed by atoms with van der Waals surface area (Å²) in [5.41, 5.74) is 0.698. The predicted molar refractivity (Wildman–Crippen MR) is 63.2 cm³/mol. The molecule has 2 heterocycles. The molecule has 72 valence electrons. The van der Waals surface area contributed by atoms with Gasteiger partial charge >= 0.3 is 0 Å². The Kier molecular flexibility index (Phi) is 2.89. The molecule has 0 saturated heterocycles. The van der Waals surface area contributed by atoms with Crippen LogP contribution in [0.1, 0.15) is 0 Å². The van der Waals surface area contributed by atoms with Crippen LogP contribution in [-0.2, 0) is 0 Å². The van der Waals surface area contributed by atoms with Gasteiger partial charge in [-0.05, 0) is 22.0 Å². The van der Waals surface area contributed by atoms with Crippen LogP contribution in [0.5, 0.6) is 0 Å². The van der Waals surface area contributed by atoms with Crippen LogP contribution < -0.4 is 5.32 Å². The summed E-state index contributed by atoms with van der Waals surface area (Å²) >= 11 is 3.34. The van der Waals surface area contributed by atoms with Crippen LogP contribution in [0.4, 0.5) is 5.95 Å². The molecule has 0 bridgehead atoms. The van der Waals surface area contributed by atoms with E-state index in [2.05, 4.69) is 45.4 Å². The van der Waals surface area contributed by atoms with Crippen molar-refractivity contribution in [3.63, 3.8) is 0 Å². The van der Waals surface area contributed by atoms with Gasteiger partial charge in [0.25, 0.3) is 0 Å². The maximum atomic E-state index is 4.24. The van der Waals surface area contributed by atoms with E-state index in [0.717, 1.165) is 16.1 Å². The van der Waals surface area contributed by atoms with Crippen LogP contribution in [0.15, 0.2) is 22.9 Å². The lowest BCUT2D eigenvalue weighted by atomic mass is 10.3. The fraction of sp³-hybridized carbons (Fsp3) is 0.125. The SMILES string of the molecule is PCNc1ncc2cc(Br)cnc2n1. The summed E-state index contributed by atoms with van der Waals surface area (Å²) in [5, 5.41) is 3.93. The summed E-state index contributed by atoms with van der Waals surface area (Å²) in [6.45, 7) is 0. The third kappa shape index (κ3) is 1.99. The van der Waals surface area contributed by atoms with E-state index in [1.807, 2.05) is 6.07 Å². The monoisotopic (exact) mass is 270 g/mol. The quantitative estimate of drug-likeness (QED) is 0.849. The fourth-order valence-electron chi connectivity index (χ4n) is 1.07. The zero-order valence-electron chi connectivity index (χ0n) is 7.24. The number of hydrogen-bond acceptors (Lipinski definition) is 4. The smallest absolute Gasteiger partial charge is 0.224 e. The van der Waals surface area contributed by atoms with Gasteiger partial charge in [-0.25, -0.2) is 9.97 Å². The van der Waals surface area contributed by atoms with E-state index in [1.54, 1.807) is 12.4 Å². The van der Waals surface area contributed by atoms with Crippen LogP contribution >= 0.6 is 25.2 Å². The molecule has 0 amide bonds. The van der Waals surface area contributed by atoms with Crippen molar-refractivity contribution in [1.29, 1.82) is 0 Å². The molecule has 1 atom stereocenters. The number of nitrogens with one attached hydrogen (secondary N) is 1. The van der Waals surface area contributed by atoms with Gasteiger partial charge in [0.2, 0.25) is 5.95 Å². The summed E-state index contributed by atoms with van der Waals surface area (Å²) < 4.78 is 0.931. The lowest BCUT2D eigenvalue weighted by Crippen LogP contribution is -2.00. The number of nitrogens with zero attached hydrogens (tertiary/aromatic N) is 3. The first kappa shape index (κ1) is 9.74. The highest BCUT2D eigenvalue weighted by Crippen LogP contribution is 2.15. The molecule has 1 unspecified atom stereocenters. The predicted octanol–water partition coefficient (Wildman–Crippen LogP) is 2.03. The van der Waals surface area contributed by atoms with Crippen LogP contribution in [-0.4, -0.2) is 21.2 Å². The van der Waals surface area contributed by atoms with Gasteiger partial charge in [0.05, 0.1) is 0 Å². The van der Waals surface area contributed by atoms with Crippen molar-refractivity contribution < 1.29 is 0 Å². The minimum absolute atomic E-state index is 0.599. The molecular weight excluding hydrogens is 263 g/mol. The van der Waals surface area contributed by atoms with Gasteiger partial charge in [0.15, 0.2) is 5.65 Å². The highest BCUT2D eigenvalue weighted by Gasteiger charge is 2.00. The van der Waals surface area contributed by atoms with Gasteiger partial charge in [-0.2, -0.15) is 4.98 Å². The Morgan fingerprint density at radius 3 is 3.00 bits per heavy atom. The first-order valence-electron chi connectivity index (χ1n) is 4.02. The second-order valence-corrected chi connectivity index (χ2v) is 3.96. The molecule has 2 aromatic heterocycles. The molecule has 0 spiro atoms. The highest BCUT2D eigenvalue weighted by molar-refractivity contribution is 9.10. The van der Waals surface area contributed by atoms with E-state index in [4.69, 9.17) is 0 Å². The standard InChI is InChI=1S/C8H8BrN4P/c9-6-1-5-2-11-8(12-4-14)13-7(5)10-3-6/h1-3H,4,14H2,(H,10,11,12,13). The number of hydrogen-bond donors (Lipinski definition) is 1. The molecule has 14 heavy (non-hydrogen) atoms. The molecule has 0 fully saturated rings. The van der Waals surface area contributed by atoms with Crippen LogP contribution in [0.2, 0.25) is 0 Å². The maximum Gasteiger partial charge on any atom is 0.224 e. The molecule has 2 aromatic rings. The summed E-state index contributed by atoms with van der Waals surface area (Å²) in [6, 6.07) is 1.94. The first-order chi connectivity index (χ1) is 6.79.